The zero-order valence-electron chi connectivity index (χ0n) is 18.0. The fourth-order valence-electron chi connectivity index (χ4n) is 3.63. The van der Waals surface area contributed by atoms with Gasteiger partial charge in [0.15, 0.2) is 5.76 Å². The lowest BCUT2D eigenvalue weighted by molar-refractivity contribution is 0.0995. The Bertz CT molecular complexity index is 1030. The first kappa shape index (κ1) is 24.5. The average molecular weight is 488 g/mol. The average Bonchev–Trinajstić information content (AvgIpc) is 3.45. The number of rotatable bonds is 10. The predicted molar refractivity (Wildman–Crippen MR) is 122 cm³/mol. The number of furan rings is 1. The monoisotopic (exact) mass is 487 g/mol. The number of anilines is 2. The van der Waals surface area contributed by atoms with Gasteiger partial charge in [-0.1, -0.05) is 25.6 Å². The van der Waals surface area contributed by atoms with Crippen molar-refractivity contribution < 1.29 is 26.4 Å². The fraction of sp³-hybridized carbons (Fsp3) is 0.476. The molecule has 1 N–H and O–H groups in total. The first-order valence-corrected chi connectivity index (χ1v) is 12.9. The molecule has 1 aromatic heterocycles. The molecule has 1 amide bonds. The molecule has 0 unspecified atom stereocenters. The first-order valence-electron chi connectivity index (χ1n) is 10.4. The topological polar surface area (TPSA) is 82.9 Å². The lowest BCUT2D eigenvalue weighted by Crippen LogP contribution is -2.31. The van der Waals surface area contributed by atoms with Crippen molar-refractivity contribution in [1.29, 1.82) is 0 Å². The highest BCUT2D eigenvalue weighted by atomic mass is 32.2. The van der Waals surface area contributed by atoms with Crippen LogP contribution in [0, 0.1) is 0 Å². The molecule has 32 heavy (non-hydrogen) atoms. The van der Waals surface area contributed by atoms with Gasteiger partial charge in [-0.05, 0) is 43.2 Å². The second-order valence-electron chi connectivity index (χ2n) is 7.25. The van der Waals surface area contributed by atoms with Crippen molar-refractivity contribution in [3.63, 3.8) is 0 Å². The van der Waals surface area contributed by atoms with Crippen LogP contribution in [0.15, 0.2) is 39.6 Å². The SMILES string of the molecule is CCN(CC)S(=O)(=O)c1ccc(N2CCCC2)c(NC(=O)c2ccc(CSC(F)F)o2)c1. The predicted octanol–water partition coefficient (Wildman–Crippen LogP) is 4.62. The Morgan fingerprint density at radius 3 is 2.50 bits per heavy atom. The number of nitrogens with one attached hydrogen (secondary N) is 1. The highest BCUT2D eigenvalue weighted by molar-refractivity contribution is 7.98. The summed E-state index contributed by atoms with van der Waals surface area (Å²) in [4.78, 5) is 15.0. The molecule has 1 saturated heterocycles. The third-order valence-electron chi connectivity index (χ3n) is 5.24. The molecule has 0 saturated carbocycles. The Kier molecular flexibility index (Phi) is 8.18. The maximum atomic E-state index is 13.0. The third-order valence-corrected chi connectivity index (χ3v) is 7.99. The van der Waals surface area contributed by atoms with Crippen molar-refractivity contribution >= 4 is 39.1 Å². The number of amides is 1. The van der Waals surface area contributed by atoms with Crippen LogP contribution in [0.1, 0.15) is 43.0 Å². The van der Waals surface area contributed by atoms with Gasteiger partial charge in [0.25, 0.3) is 11.7 Å². The molecule has 1 aliphatic rings. The van der Waals surface area contributed by atoms with Crippen molar-refractivity contribution in [2.24, 2.45) is 0 Å². The van der Waals surface area contributed by atoms with Gasteiger partial charge in [-0.15, -0.1) is 0 Å². The molecular formula is C21H27F2N3O4S2. The van der Waals surface area contributed by atoms with Crippen molar-refractivity contribution in [2.45, 2.75) is 43.1 Å². The molecule has 2 heterocycles. The Morgan fingerprint density at radius 1 is 1.19 bits per heavy atom. The van der Waals surface area contributed by atoms with E-state index in [0.29, 0.717) is 30.5 Å². The van der Waals surface area contributed by atoms with Crippen LogP contribution in [-0.2, 0) is 15.8 Å². The van der Waals surface area contributed by atoms with E-state index in [2.05, 4.69) is 10.2 Å². The van der Waals surface area contributed by atoms with E-state index < -0.39 is 21.7 Å². The smallest absolute Gasteiger partial charge is 0.291 e. The second-order valence-corrected chi connectivity index (χ2v) is 10.2. The minimum atomic E-state index is -3.71. The molecule has 0 radical (unpaired) electrons. The number of sulfonamides is 1. The lowest BCUT2D eigenvalue weighted by Gasteiger charge is -2.24. The van der Waals surface area contributed by atoms with Crippen LogP contribution >= 0.6 is 11.8 Å². The summed E-state index contributed by atoms with van der Waals surface area (Å²) in [5.74, 6) is -2.92. The van der Waals surface area contributed by atoms with Crippen LogP contribution < -0.4 is 10.2 Å². The Labute approximate surface area is 191 Å². The van der Waals surface area contributed by atoms with Crippen LogP contribution in [0.2, 0.25) is 0 Å². The maximum absolute atomic E-state index is 13.0. The van der Waals surface area contributed by atoms with Crippen molar-refractivity contribution in [3.8, 4) is 0 Å². The van der Waals surface area contributed by atoms with Gasteiger partial charge in [0.2, 0.25) is 10.0 Å². The molecule has 176 valence electrons. The van der Waals surface area contributed by atoms with Gasteiger partial charge >= 0.3 is 0 Å². The second kappa shape index (κ2) is 10.7. The van der Waals surface area contributed by atoms with Crippen LogP contribution in [0.25, 0.3) is 0 Å². The molecule has 1 aromatic carbocycles. The van der Waals surface area contributed by atoms with E-state index in [1.54, 1.807) is 26.0 Å². The molecule has 0 aliphatic carbocycles. The summed E-state index contributed by atoms with van der Waals surface area (Å²) < 4.78 is 57.5. The molecule has 1 aliphatic heterocycles. The molecular weight excluding hydrogens is 460 g/mol. The summed E-state index contributed by atoms with van der Waals surface area (Å²) in [7, 11) is -3.71. The number of nitrogens with zero attached hydrogens (tertiary/aromatic N) is 2. The van der Waals surface area contributed by atoms with E-state index in [4.69, 9.17) is 4.42 Å². The van der Waals surface area contributed by atoms with Crippen molar-refractivity contribution in [1.82, 2.24) is 4.31 Å². The Balaban J connectivity index is 1.89. The summed E-state index contributed by atoms with van der Waals surface area (Å²) in [6.07, 6.45) is 2.02. The van der Waals surface area contributed by atoms with Gasteiger partial charge in [0.1, 0.15) is 5.76 Å². The van der Waals surface area contributed by atoms with Gasteiger partial charge in [-0.3, -0.25) is 4.79 Å². The number of benzene rings is 1. The summed E-state index contributed by atoms with van der Waals surface area (Å²) in [6.45, 7) is 5.81. The number of alkyl halides is 2. The van der Waals surface area contributed by atoms with E-state index >= 15 is 0 Å². The lowest BCUT2D eigenvalue weighted by atomic mass is 10.2. The van der Waals surface area contributed by atoms with Gasteiger partial charge < -0.3 is 14.6 Å². The molecule has 0 bridgehead atoms. The van der Waals surface area contributed by atoms with Gasteiger partial charge in [0.05, 0.1) is 22.0 Å². The molecule has 1 fully saturated rings. The quantitative estimate of drug-likeness (QED) is 0.527. The van der Waals surface area contributed by atoms with Crippen LogP contribution in [0.3, 0.4) is 0 Å². The Morgan fingerprint density at radius 2 is 1.88 bits per heavy atom. The normalized spacial score (nSPS) is 14.5. The largest absolute Gasteiger partial charge is 0.455 e. The summed E-state index contributed by atoms with van der Waals surface area (Å²) in [5.41, 5.74) is 1.10. The number of thioether (sulfide) groups is 1. The minimum absolute atomic E-state index is 0.0285. The minimum Gasteiger partial charge on any atom is -0.455 e. The van der Waals surface area contributed by atoms with E-state index in [9.17, 15) is 22.0 Å². The highest BCUT2D eigenvalue weighted by Gasteiger charge is 2.25. The van der Waals surface area contributed by atoms with Crippen LogP contribution in [-0.4, -0.2) is 50.6 Å². The number of hydrogen-bond donors (Lipinski definition) is 1. The van der Waals surface area contributed by atoms with Gasteiger partial charge in [-0.2, -0.15) is 13.1 Å². The summed E-state index contributed by atoms with van der Waals surface area (Å²) in [5, 5.41) is 2.76. The number of halogens is 2. The molecule has 11 heteroatoms. The van der Waals surface area contributed by atoms with E-state index in [1.807, 2.05) is 0 Å². The van der Waals surface area contributed by atoms with E-state index in [0.717, 1.165) is 31.6 Å². The van der Waals surface area contributed by atoms with Gasteiger partial charge in [-0.25, -0.2) is 8.42 Å². The van der Waals surface area contributed by atoms with E-state index in [1.165, 1.54) is 22.5 Å². The van der Waals surface area contributed by atoms with Gasteiger partial charge in [0, 0.05) is 26.2 Å². The molecule has 0 spiro atoms. The molecule has 2 aromatic rings. The third kappa shape index (κ3) is 5.62. The van der Waals surface area contributed by atoms with Crippen molar-refractivity contribution in [2.75, 3.05) is 36.4 Å². The summed E-state index contributed by atoms with van der Waals surface area (Å²) >= 11 is 0.407. The number of carbonyl (C=O) groups is 1. The molecule has 7 nitrogen and oxygen atoms in total. The highest BCUT2D eigenvalue weighted by Crippen LogP contribution is 2.33. The molecule has 3 rings (SSSR count). The van der Waals surface area contributed by atoms with Crippen LogP contribution in [0.5, 0.6) is 0 Å². The standard InChI is InChI=1S/C21H27F2N3O4S2/c1-3-26(4-2)32(28,29)16-8-9-18(25-11-5-6-12-25)17(13-16)24-20(27)19-10-7-15(30-19)14-31-21(22)23/h7-10,13,21H,3-6,11-12,14H2,1-2H3,(H,24,27). The van der Waals surface area contributed by atoms with Crippen molar-refractivity contribution in [3.05, 3.63) is 41.9 Å². The van der Waals surface area contributed by atoms with E-state index in [-0.39, 0.29) is 22.2 Å². The maximum Gasteiger partial charge on any atom is 0.291 e. The fourth-order valence-corrected chi connectivity index (χ4v) is 5.56. The number of hydrogen-bond acceptors (Lipinski definition) is 6. The summed E-state index contributed by atoms with van der Waals surface area (Å²) in [6, 6.07) is 7.64. The molecule has 0 atom stereocenters. The zero-order valence-corrected chi connectivity index (χ0v) is 19.6. The number of carbonyl (C=O) groups excluding carboxylic acids is 1. The van der Waals surface area contributed by atoms with Crippen LogP contribution in [0.4, 0.5) is 20.2 Å². The Hall–Kier alpha value is -2.11. The zero-order chi connectivity index (χ0) is 23.3. The first-order chi connectivity index (χ1) is 15.3.